The van der Waals surface area contributed by atoms with Crippen molar-refractivity contribution >= 4 is 33.6 Å². The highest BCUT2D eigenvalue weighted by Crippen LogP contribution is 2.26. The highest BCUT2D eigenvalue weighted by atomic mass is 127. The lowest BCUT2D eigenvalue weighted by Gasteiger charge is -2.19. The number of aromatic nitrogens is 1. The fourth-order valence-electron chi connectivity index (χ4n) is 2.51. The smallest absolute Gasteiger partial charge is 0.349 e. The first kappa shape index (κ1) is 15.8. The lowest BCUT2D eigenvalue weighted by atomic mass is 10.1. The van der Waals surface area contributed by atoms with Crippen molar-refractivity contribution in [2.75, 3.05) is 0 Å². The molecule has 2 heterocycles. The summed E-state index contributed by atoms with van der Waals surface area (Å²) in [6, 6.07) is 10.7. The Kier molecular flexibility index (Phi) is 4.01. The molecule has 6 heteroatoms. The molecule has 3 rings (SSSR count). The molecule has 0 unspecified atom stereocenters. The molecule has 0 aliphatic heterocycles. The molecule has 0 aliphatic carbocycles. The third-order valence-corrected chi connectivity index (χ3v) is 4.55. The maximum absolute atomic E-state index is 12.9. The van der Waals surface area contributed by atoms with Crippen LogP contribution in [0.4, 0.5) is 0 Å². The first-order valence-corrected chi connectivity index (χ1v) is 8.14. The summed E-state index contributed by atoms with van der Waals surface area (Å²) in [5, 5.41) is 12.3. The number of hydrogen-bond acceptors (Lipinski definition) is 4. The van der Waals surface area contributed by atoms with Crippen molar-refractivity contribution in [3.8, 4) is 11.4 Å². The highest BCUT2D eigenvalue weighted by molar-refractivity contribution is 14.1. The second-order valence-electron chi connectivity index (χ2n) is 5.47. The van der Waals surface area contributed by atoms with E-state index in [1.807, 2.05) is 32.0 Å². The van der Waals surface area contributed by atoms with E-state index in [-0.39, 0.29) is 20.5 Å². The van der Waals surface area contributed by atoms with Crippen molar-refractivity contribution < 1.29 is 9.52 Å². The number of rotatable bonds is 2. The lowest BCUT2D eigenvalue weighted by Crippen LogP contribution is -2.25. The molecule has 0 fully saturated rings. The fourth-order valence-corrected chi connectivity index (χ4v) is 2.89. The molecule has 0 bridgehead atoms. The molecule has 0 atom stereocenters. The molecule has 23 heavy (non-hydrogen) atoms. The van der Waals surface area contributed by atoms with Crippen LogP contribution < -0.4 is 16.3 Å². The van der Waals surface area contributed by atoms with Gasteiger partial charge in [-0.15, -0.1) is 0 Å². The zero-order chi connectivity index (χ0) is 16.7. The standard InChI is InChI=1S/C17H14INO4/c1-9(2)11-8-12-13(15(20)14(18)17(22)23-12)16(21)19(11)10-6-4-3-5-7-10/h3-9,20H,1-2H3/p-1. The number of halogens is 1. The van der Waals surface area contributed by atoms with Crippen LogP contribution in [0.15, 0.2) is 50.4 Å². The summed E-state index contributed by atoms with van der Waals surface area (Å²) < 4.78 is 6.56. The van der Waals surface area contributed by atoms with Gasteiger partial charge >= 0.3 is 5.63 Å². The molecule has 2 aromatic heterocycles. The SMILES string of the molecule is CC(C)c1cc2oc(=O)c(I)c([O-])c2c(=O)n1-c1ccccc1. The van der Waals surface area contributed by atoms with Crippen molar-refractivity contribution in [2.24, 2.45) is 0 Å². The minimum absolute atomic E-state index is 0.00647. The first-order valence-electron chi connectivity index (χ1n) is 7.06. The average Bonchev–Trinajstić information content (AvgIpc) is 2.52. The second kappa shape index (κ2) is 5.84. The molecule has 5 nitrogen and oxygen atoms in total. The minimum Gasteiger partial charge on any atom is -0.871 e. The van der Waals surface area contributed by atoms with E-state index in [0.29, 0.717) is 11.4 Å². The summed E-state index contributed by atoms with van der Waals surface area (Å²) in [4.78, 5) is 24.7. The van der Waals surface area contributed by atoms with Gasteiger partial charge in [-0.25, -0.2) is 4.79 Å². The van der Waals surface area contributed by atoms with E-state index in [4.69, 9.17) is 4.42 Å². The van der Waals surface area contributed by atoms with Gasteiger partial charge in [-0.3, -0.25) is 9.36 Å². The summed E-state index contributed by atoms with van der Waals surface area (Å²) in [6.07, 6.45) is 0. The number of pyridine rings is 1. The van der Waals surface area contributed by atoms with E-state index in [0.717, 1.165) is 0 Å². The third kappa shape index (κ3) is 2.56. The molecule has 0 spiro atoms. The van der Waals surface area contributed by atoms with E-state index in [1.54, 1.807) is 40.8 Å². The van der Waals surface area contributed by atoms with Crippen molar-refractivity contribution in [3.05, 3.63) is 66.4 Å². The number of fused-ring (bicyclic) bond motifs is 1. The Balaban J connectivity index is 2.53. The van der Waals surface area contributed by atoms with Crippen LogP contribution in [0, 0.1) is 3.57 Å². The summed E-state index contributed by atoms with van der Waals surface area (Å²) in [6.45, 7) is 3.87. The predicted octanol–water partition coefficient (Wildman–Crippen LogP) is 2.75. The van der Waals surface area contributed by atoms with Gasteiger partial charge < -0.3 is 9.52 Å². The molecule has 3 aromatic rings. The zero-order valence-electron chi connectivity index (χ0n) is 12.5. The van der Waals surface area contributed by atoms with Crippen LogP contribution in [-0.4, -0.2) is 4.57 Å². The molecule has 0 saturated heterocycles. The molecular weight excluding hydrogens is 409 g/mol. The fraction of sp³-hybridized carbons (Fsp3) is 0.176. The molecule has 0 saturated carbocycles. The summed E-state index contributed by atoms with van der Waals surface area (Å²) in [5.41, 5.74) is 0.209. The van der Waals surface area contributed by atoms with Gasteiger partial charge in [0.1, 0.15) is 5.58 Å². The number of nitrogens with zero attached hydrogens (tertiary/aromatic N) is 1. The Bertz CT molecular complexity index is 1000. The molecule has 0 radical (unpaired) electrons. The van der Waals surface area contributed by atoms with Gasteiger partial charge in [-0.1, -0.05) is 37.8 Å². The van der Waals surface area contributed by atoms with E-state index in [1.165, 1.54) is 4.57 Å². The van der Waals surface area contributed by atoms with Crippen molar-refractivity contribution in [2.45, 2.75) is 19.8 Å². The Labute approximate surface area is 145 Å². The second-order valence-corrected chi connectivity index (χ2v) is 6.55. The van der Waals surface area contributed by atoms with E-state index < -0.39 is 16.9 Å². The molecule has 0 aliphatic rings. The van der Waals surface area contributed by atoms with Gasteiger partial charge in [-0.05, 0) is 40.6 Å². The van der Waals surface area contributed by atoms with Gasteiger partial charge in [-0.2, -0.15) is 0 Å². The monoisotopic (exact) mass is 422 g/mol. The third-order valence-electron chi connectivity index (χ3n) is 3.61. The van der Waals surface area contributed by atoms with Gasteiger partial charge in [0.2, 0.25) is 0 Å². The maximum atomic E-state index is 12.9. The van der Waals surface area contributed by atoms with Crippen LogP contribution in [0.25, 0.3) is 16.7 Å². The van der Waals surface area contributed by atoms with Crippen LogP contribution in [0.2, 0.25) is 0 Å². The Morgan fingerprint density at radius 2 is 1.83 bits per heavy atom. The maximum Gasteiger partial charge on any atom is 0.349 e. The van der Waals surface area contributed by atoms with Gasteiger partial charge in [0.15, 0.2) is 0 Å². The van der Waals surface area contributed by atoms with Gasteiger partial charge in [0.05, 0.1) is 8.96 Å². The number of benzene rings is 1. The average molecular weight is 422 g/mol. The quantitative estimate of drug-likeness (QED) is 0.596. The topological polar surface area (TPSA) is 75.3 Å². The highest BCUT2D eigenvalue weighted by Gasteiger charge is 2.17. The van der Waals surface area contributed by atoms with E-state index in [2.05, 4.69) is 0 Å². The van der Waals surface area contributed by atoms with Crippen molar-refractivity contribution in [3.63, 3.8) is 0 Å². The van der Waals surface area contributed by atoms with Crippen LogP contribution in [0.3, 0.4) is 0 Å². The molecule has 0 N–H and O–H groups in total. The van der Waals surface area contributed by atoms with Crippen LogP contribution in [0.1, 0.15) is 25.5 Å². The number of hydrogen-bond donors (Lipinski definition) is 0. The number of para-hydroxylation sites is 1. The summed E-state index contributed by atoms with van der Waals surface area (Å²) >= 11 is 1.62. The minimum atomic E-state index is -0.713. The van der Waals surface area contributed by atoms with Crippen molar-refractivity contribution in [1.82, 2.24) is 4.57 Å². The Hall–Kier alpha value is -2.09. The van der Waals surface area contributed by atoms with Crippen molar-refractivity contribution in [1.29, 1.82) is 0 Å². The Morgan fingerprint density at radius 1 is 1.17 bits per heavy atom. The molecular formula is C17H13INO4-. The van der Waals surface area contributed by atoms with Gasteiger partial charge in [0.25, 0.3) is 5.56 Å². The van der Waals surface area contributed by atoms with Crippen LogP contribution >= 0.6 is 22.6 Å². The van der Waals surface area contributed by atoms with Gasteiger partial charge in [0, 0.05) is 17.4 Å². The zero-order valence-corrected chi connectivity index (χ0v) is 14.7. The van der Waals surface area contributed by atoms with Crippen LogP contribution in [0.5, 0.6) is 5.75 Å². The predicted molar refractivity (Wildman–Crippen MR) is 94.3 cm³/mol. The van der Waals surface area contributed by atoms with E-state index in [9.17, 15) is 14.7 Å². The summed E-state index contributed by atoms with van der Waals surface area (Å²) in [7, 11) is 0. The molecule has 1 aromatic carbocycles. The first-order chi connectivity index (χ1) is 10.9. The normalized spacial score (nSPS) is 11.3. The molecule has 118 valence electrons. The Morgan fingerprint density at radius 3 is 2.43 bits per heavy atom. The van der Waals surface area contributed by atoms with E-state index >= 15 is 0 Å². The summed E-state index contributed by atoms with van der Waals surface area (Å²) in [5.74, 6) is -0.575. The van der Waals surface area contributed by atoms with Crippen LogP contribution in [-0.2, 0) is 0 Å². The lowest BCUT2D eigenvalue weighted by molar-refractivity contribution is -0.267. The molecule has 0 amide bonds. The largest absolute Gasteiger partial charge is 0.871 e.